The quantitative estimate of drug-likeness (QED) is 0.185. The molecule has 2 amide bonds. The van der Waals surface area contributed by atoms with E-state index in [1.165, 1.54) is 36.0 Å². The maximum absolute atomic E-state index is 13.8. The number of rotatable bonds is 6. The first-order valence-corrected chi connectivity index (χ1v) is 13.9. The molecule has 3 heterocycles. The van der Waals surface area contributed by atoms with E-state index in [0.717, 1.165) is 27.4 Å². The highest BCUT2D eigenvalue weighted by Crippen LogP contribution is 2.53. The lowest BCUT2D eigenvalue weighted by Gasteiger charge is -2.29. The molecule has 2 aliphatic rings. The van der Waals surface area contributed by atoms with Gasteiger partial charge >= 0.3 is 4.87 Å². The van der Waals surface area contributed by atoms with Gasteiger partial charge in [-0.3, -0.25) is 24.5 Å². The van der Waals surface area contributed by atoms with E-state index in [4.69, 9.17) is 16.3 Å². The molecule has 1 N–H and O–H groups in total. The second-order valence-electron chi connectivity index (χ2n) is 9.02. The number of amides is 2. The normalized spacial score (nSPS) is 20.0. The molecule has 1 fully saturated rings. The summed E-state index contributed by atoms with van der Waals surface area (Å²) in [5, 5.41) is 11.5. The van der Waals surface area contributed by atoms with Crippen molar-refractivity contribution < 1.29 is 19.2 Å². The fraction of sp³-hybridized carbons (Fsp3) is 0.148. The van der Waals surface area contributed by atoms with Crippen molar-refractivity contribution in [3.05, 3.63) is 114 Å². The van der Waals surface area contributed by atoms with Crippen LogP contribution in [0.1, 0.15) is 21.9 Å². The first kappa shape index (κ1) is 25.4. The summed E-state index contributed by atoms with van der Waals surface area (Å²) >= 11 is 8.25. The molecule has 3 atom stereocenters. The lowest BCUT2D eigenvalue weighted by molar-refractivity contribution is -0.384. The van der Waals surface area contributed by atoms with Crippen molar-refractivity contribution in [2.24, 2.45) is 5.92 Å². The number of hydrogen-bond acceptors (Lipinski definition) is 8. The predicted molar refractivity (Wildman–Crippen MR) is 148 cm³/mol. The maximum Gasteiger partial charge on any atom is 0.305 e. The number of nitrogens with one attached hydrogen (secondary N) is 1. The standard InChI is InChI=1S/C27H18ClN3O6S2/c28-16-3-1-2-14(12-16)13-37-19-10-4-15(5-11-19)20-21-23(38-24-22(20)39-27(34)29-24)26(33)30(25(21)32)17-6-8-18(9-7-17)31(35)36/h1-12,20-21,23H,13H2,(H,29,34)/t20-,21-,23+/m0/s1. The number of H-pyrrole nitrogens is 1. The molecule has 0 saturated carbocycles. The summed E-state index contributed by atoms with van der Waals surface area (Å²) in [7, 11) is 0. The molecular weight excluding hydrogens is 562 g/mol. The number of halogens is 1. The number of aromatic amines is 1. The Morgan fingerprint density at radius 2 is 1.74 bits per heavy atom. The van der Waals surface area contributed by atoms with E-state index in [2.05, 4.69) is 4.98 Å². The zero-order valence-electron chi connectivity index (χ0n) is 19.9. The first-order valence-electron chi connectivity index (χ1n) is 11.8. The van der Waals surface area contributed by atoms with Gasteiger partial charge in [0, 0.05) is 28.0 Å². The molecular formula is C27H18ClN3O6S2. The van der Waals surface area contributed by atoms with Gasteiger partial charge < -0.3 is 9.72 Å². The Morgan fingerprint density at radius 3 is 2.44 bits per heavy atom. The summed E-state index contributed by atoms with van der Waals surface area (Å²) < 4.78 is 5.90. The maximum atomic E-state index is 13.8. The van der Waals surface area contributed by atoms with E-state index in [9.17, 15) is 24.5 Å². The topological polar surface area (TPSA) is 123 Å². The van der Waals surface area contributed by atoms with Crippen LogP contribution in [0.5, 0.6) is 5.75 Å². The van der Waals surface area contributed by atoms with Gasteiger partial charge in [0.2, 0.25) is 11.8 Å². The number of imide groups is 1. The van der Waals surface area contributed by atoms with Crippen LogP contribution < -0.4 is 14.5 Å². The van der Waals surface area contributed by atoms with Crippen LogP contribution in [0, 0.1) is 16.0 Å². The van der Waals surface area contributed by atoms with E-state index in [-0.39, 0.29) is 16.2 Å². The lowest BCUT2D eigenvalue weighted by Crippen LogP contribution is -2.32. The molecule has 3 aromatic carbocycles. The van der Waals surface area contributed by atoms with Crippen LogP contribution >= 0.6 is 34.7 Å². The number of aromatic nitrogens is 1. The number of non-ortho nitro benzene ring substituents is 1. The second-order valence-corrected chi connectivity index (χ2v) is 11.6. The van der Waals surface area contributed by atoms with Gasteiger partial charge in [0.05, 0.1) is 21.6 Å². The van der Waals surface area contributed by atoms with Crippen LogP contribution in [0.15, 0.2) is 82.6 Å². The van der Waals surface area contributed by atoms with Gasteiger partial charge in [0.1, 0.15) is 17.6 Å². The summed E-state index contributed by atoms with van der Waals surface area (Å²) in [6.45, 7) is 0.325. The van der Waals surface area contributed by atoms with Crippen LogP contribution in [0.2, 0.25) is 5.02 Å². The summed E-state index contributed by atoms with van der Waals surface area (Å²) in [5.74, 6) is -1.51. The van der Waals surface area contributed by atoms with Crippen molar-refractivity contribution in [2.75, 3.05) is 4.90 Å². The van der Waals surface area contributed by atoms with Gasteiger partial charge in [-0.15, -0.1) is 0 Å². The van der Waals surface area contributed by atoms with Crippen LogP contribution in [0.3, 0.4) is 0 Å². The number of nitrogens with zero attached hydrogens (tertiary/aromatic N) is 2. The minimum atomic E-state index is -0.755. The Bertz CT molecular complexity index is 1670. The molecule has 1 aromatic heterocycles. The average molecular weight is 580 g/mol. The monoisotopic (exact) mass is 579 g/mol. The fourth-order valence-electron chi connectivity index (χ4n) is 4.92. The Kier molecular flexibility index (Phi) is 6.49. The highest BCUT2D eigenvalue weighted by Gasteiger charge is 2.56. The molecule has 2 aliphatic heterocycles. The largest absolute Gasteiger partial charge is 0.489 e. The molecule has 9 nitrogen and oxygen atoms in total. The zero-order valence-corrected chi connectivity index (χ0v) is 22.3. The van der Waals surface area contributed by atoms with Crippen LogP contribution in [-0.2, 0) is 16.2 Å². The second kappa shape index (κ2) is 9.99. The Labute approximate surface area is 234 Å². The molecule has 0 radical (unpaired) electrons. The third-order valence-electron chi connectivity index (χ3n) is 6.68. The molecule has 1 saturated heterocycles. The van der Waals surface area contributed by atoms with Crippen LogP contribution in [-0.4, -0.2) is 27.0 Å². The molecule has 39 heavy (non-hydrogen) atoms. The van der Waals surface area contributed by atoms with Crippen molar-refractivity contribution in [3.63, 3.8) is 0 Å². The molecule has 0 spiro atoms. The summed E-state index contributed by atoms with van der Waals surface area (Å²) in [5.41, 5.74) is 1.82. The number of anilines is 1. The lowest BCUT2D eigenvalue weighted by atomic mass is 9.83. The molecule has 6 rings (SSSR count). The smallest absolute Gasteiger partial charge is 0.305 e. The van der Waals surface area contributed by atoms with Gasteiger partial charge in [-0.2, -0.15) is 0 Å². The molecule has 4 aromatic rings. The van der Waals surface area contributed by atoms with Crippen molar-refractivity contribution in [1.82, 2.24) is 4.98 Å². The van der Waals surface area contributed by atoms with Crippen LogP contribution in [0.25, 0.3) is 0 Å². The van der Waals surface area contributed by atoms with E-state index in [1.807, 2.05) is 30.3 Å². The van der Waals surface area contributed by atoms with Crippen molar-refractivity contribution >= 4 is 57.9 Å². The average Bonchev–Trinajstić information content (AvgIpc) is 3.42. The van der Waals surface area contributed by atoms with E-state index >= 15 is 0 Å². The number of thiazole rings is 1. The molecule has 196 valence electrons. The van der Waals surface area contributed by atoms with Gasteiger partial charge in [-0.05, 0) is 47.5 Å². The number of benzene rings is 3. The highest BCUT2D eigenvalue weighted by molar-refractivity contribution is 8.00. The Hall–Kier alpha value is -3.93. The predicted octanol–water partition coefficient (Wildman–Crippen LogP) is 5.37. The van der Waals surface area contributed by atoms with E-state index in [1.54, 1.807) is 18.2 Å². The van der Waals surface area contributed by atoms with Gasteiger partial charge in [0.25, 0.3) is 5.69 Å². The molecule has 0 unspecified atom stereocenters. The fourth-order valence-corrected chi connectivity index (χ4v) is 7.65. The first-order chi connectivity index (χ1) is 18.8. The van der Waals surface area contributed by atoms with E-state index in [0.29, 0.717) is 27.3 Å². The zero-order chi connectivity index (χ0) is 27.3. The number of nitro benzene ring substituents is 1. The number of ether oxygens (including phenoxy) is 1. The Balaban J connectivity index is 1.31. The summed E-state index contributed by atoms with van der Waals surface area (Å²) in [6, 6.07) is 20.0. The number of hydrogen-bond donors (Lipinski definition) is 1. The van der Waals surface area contributed by atoms with Crippen LogP contribution in [0.4, 0.5) is 11.4 Å². The minimum Gasteiger partial charge on any atom is -0.489 e. The Morgan fingerprint density at radius 1 is 1.00 bits per heavy atom. The summed E-state index contributed by atoms with van der Waals surface area (Å²) in [4.78, 5) is 54.4. The number of thioether (sulfide) groups is 1. The molecule has 0 aliphatic carbocycles. The number of carbonyl (C=O) groups excluding carboxylic acids is 2. The highest BCUT2D eigenvalue weighted by atomic mass is 35.5. The van der Waals surface area contributed by atoms with Gasteiger partial charge in [-0.25, -0.2) is 4.90 Å². The van der Waals surface area contributed by atoms with Gasteiger partial charge in [-0.1, -0.05) is 59.0 Å². The molecule has 0 bridgehead atoms. The minimum absolute atomic E-state index is 0.139. The SMILES string of the molecule is O=C1[C@H]2[C@H](c3ccc(OCc4cccc(Cl)c4)cc3)c3sc(=O)[nH]c3S[C@H]2C(=O)N1c1ccc([N+](=O)[O-])cc1. The van der Waals surface area contributed by atoms with Crippen molar-refractivity contribution in [3.8, 4) is 5.75 Å². The number of fused-ring (bicyclic) bond motifs is 2. The third kappa shape index (κ3) is 4.62. The van der Waals surface area contributed by atoms with E-state index < -0.39 is 33.8 Å². The number of carbonyl (C=O) groups is 2. The number of nitro groups is 1. The third-order valence-corrected chi connectivity index (χ3v) is 9.31. The summed E-state index contributed by atoms with van der Waals surface area (Å²) in [6.07, 6.45) is 0. The van der Waals surface area contributed by atoms with Crippen molar-refractivity contribution in [1.29, 1.82) is 0 Å². The molecule has 12 heteroatoms. The van der Waals surface area contributed by atoms with Gasteiger partial charge in [0.15, 0.2) is 0 Å². The van der Waals surface area contributed by atoms with Crippen molar-refractivity contribution in [2.45, 2.75) is 22.8 Å².